The van der Waals surface area contributed by atoms with Crippen molar-refractivity contribution in [2.75, 3.05) is 0 Å². The number of aromatic amines is 1. The fourth-order valence-electron chi connectivity index (χ4n) is 2.16. The van der Waals surface area contributed by atoms with E-state index in [1.807, 2.05) is 12.1 Å². The molecule has 0 aliphatic rings. The molecule has 1 aromatic carbocycles. The van der Waals surface area contributed by atoms with Crippen LogP contribution in [0.2, 0.25) is 5.02 Å². The van der Waals surface area contributed by atoms with Crippen molar-refractivity contribution >= 4 is 28.4 Å². The maximum atomic E-state index is 11.6. The highest BCUT2D eigenvalue weighted by atomic mass is 35.5. The van der Waals surface area contributed by atoms with Gasteiger partial charge in [0, 0.05) is 28.5 Å². The zero-order valence-electron chi connectivity index (χ0n) is 12.3. The van der Waals surface area contributed by atoms with Gasteiger partial charge in [0.25, 0.3) is 6.04 Å². The van der Waals surface area contributed by atoms with Gasteiger partial charge in [-0.05, 0) is 29.7 Å². The number of H-pyrrole nitrogens is 1. The molecule has 1 aromatic heterocycles. The van der Waals surface area contributed by atoms with Crippen LogP contribution in [-0.4, -0.2) is 16.9 Å². The summed E-state index contributed by atoms with van der Waals surface area (Å²) in [4.78, 5) is 18.1. The summed E-state index contributed by atoms with van der Waals surface area (Å²) in [6.45, 7) is 13.0. The molecule has 0 saturated carbocycles. The lowest BCUT2D eigenvalue weighted by molar-refractivity contribution is -0.121. The van der Waals surface area contributed by atoms with Crippen LogP contribution in [0, 0.1) is 6.57 Å². The third-order valence-electron chi connectivity index (χ3n) is 3.44. The number of amides is 1. The van der Waals surface area contributed by atoms with Crippen LogP contribution in [0.3, 0.4) is 0 Å². The molecule has 2 aromatic rings. The first-order valence-corrected chi connectivity index (χ1v) is 7.25. The Balaban J connectivity index is 2.20. The Kier molecular flexibility index (Phi) is 4.54. The number of fused-ring (bicyclic) bond motifs is 1. The molecule has 0 aliphatic heterocycles. The van der Waals surface area contributed by atoms with E-state index < -0.39 is 6.04 Å². The van der Waals surface area contributed by atoms with Crippen LogP contribution in [0.15, 0.2) is 18.2 Å². The molecule has 21 heavy (non-hydrogen) atoms. The molecule has 110 valence electrons. The number of rotatable bonds is 4. The Morgan fingerprint density at radius 2 is 2.10 bits per heavy atom. The summed E-state index contributed by atoms with van der Waals surface area (Å²) in [7, 11) is 0. The average molecular weight is 304 g/mol. The summed E-state index contributed by atoms with van der Waals surface area (Å²) in [5, 5.41) is 4.52. The van der Waals surface area contributed by atoms with Crippen molar-refractivity contribution in [2.45, 2.75) is 39.3 Å². The van der Waals surface area contributed by atoms with Gasteiger partial charge in [-0.25, -0.2) is 6.57 Å². The molecule has 1 heterocycles. The van der Waals surface area contributed by atoms with Crippen molar-refractivity contribution in [1.82, 2.24) is 10.3 Å². The van der Waals surface area contributed by atoms with E-state index in [1.165, 1.54) is 0 Å². The summed E-state index contributed by atoms with van der Waals surface area (Å²) < 4.78 is 0. The Labute approximate surface area is 129 Å². The predicted molar refractivity (Wildman–Crippen MR) is 85.3 cm³/mol. The van der Waals surface area contributed by atoms with Gasteiger partial charge in [-0.3, -0.25) is 4.79 Å². The smallest absolute Gasteiger partial charge is 0.303 e. The van der Waals surface area contributed by atoms with Gasteiger partial charge in [0.15, 0.2) is 0 Å². The minimum atomic E-state index is -0.656. The van der Waals surface area contributed by atoms with Crippen molar-refractivity contribution in [3.05, 3.63) is 45.9 Å². The van der Waals surface area contributed by atoms with Gasteiger partial charge in [0.1, 0.15) is 0 Å². The van der Waals surface area contributed by atoms with E-state index in [-0.39, 0.29) is 5.91 Å². The van der Waals surface area contributed by atoms with Gasteiger partial charge in [0.2, 0.25) is 0 Å². The second-order valence-electron chi connectivity index (χ2n) is 5.43. The van der Waals surface area contributed by atoms with E-state index in [9.17, 15) is 4.79 Å². The molecule has 0 radical (unpaired) electrons. The predicted octanol–water partition coefficient (Wildman–Crippen LogP) is 3.87. The first kappa shape index (κ1) is 15.4. The minimum absolute atomic E-state index is 0.260. The molecule has 0 bridgehead atoms. The second kappa shape index (κ2) is 6.19. The average Bonchev–Trinajstić information content (AvgIpc) is 2.84. The number of aromatic nitrogens is 1. The standard InChI is InChI=1S/C16H18ClN3O/c1-9(2)13-7-15-11(6-14(13)17)5-12(20-15)8-19-16(21)10(3)18-4/h5-7,9-10,20H,8H2,1-3H3,(H,19,21). The molecule has 0 spiro atoms. The molecule has 2 N–H and O–H groups in total. The molecule has 0 aliphatic carbocycles. The van der Waals surface area contributed by atoms with Gasteiger partial charge in [-0.2, -0.15) is 0 Å². The maximum Gasteiger partial charge on any atom is 0.303 e. The lowest BCUT2D eigenvalue weighted by Gasteiger charge is -2.07. The third-order valence-corrected chi connectivity index (χ3v) is 3.77. The molecule has 1 unspecified atom stereocenters. The fraction of sp³-hybridized carbons (Fsp3) is 0.375. The summed E-state index contributed by atoms with van der Waals surface area (Å²) in [5.41, 5.74) is 3.00. The van der Waals surface area contributed by atoms with Crippen LogP contribution in [-0.2, 0) is 11.3 Å². The molecular weight excluding hydrogens is 286 g/mol. The van der Waals surface area contributed by atoms with E-state index in [2.05, 4.69) is 35.1 Å². The van der Waals surface area contributed by atoms with Crippen molar-refractivity contribution in [3.8, 4) is 0 Å². The molecule has 1 atom stereocenters. The number of nitrogens with one attached hydrogen (secondary N) is 2. The van der Waals surface area contributed by atoms with Crippen molar-refractivity contribution in [3.63, 3.8) is 0 Å². The van der Waals surface area contributed by atoms with Crippen LogP contribution < -0.4 is 5.32 Å². The Morgan fingerprint density at radius 3 is 2.71 bits per heavy atom. The summed E-state index contributed by atoms with van der Waals surface area (Å²) in [6, 6.07) is 5.30. The summed E-state index contributed by atoms with van der Waals surface area (Å²) in [6.07, 6.45) is 0. The normalized spacial score (nSPS) is 12.4. The van der Waals surface area contributed by atoms with Gasteiger partial charge < -0.3 is 15.1 Å². The highest BCUT2D eigenvalue weighted by molar-refractivity contribution is 6.32. The molecule has 2 rings (SSSR count). The first-order chi connectivity index (χ1) is 9.92. The quantitative estimate of drug-likeness (QED) is 0.828. The SMILES string of the molecule is [C-]#[N+]C(C)C(=O)NCc1cc2cc(Cl)c(C(C)C)cc2[nH]1. The third kappa shape index (κ3) is 3.37. The zero-order valence-corrected chi connectivity index (χ0v) is 13.1. The minimum Gasteiger partial charge on any atom is -0.357 e. The van der Waals surface area contributed by atoms with Gasteiger partial charge in [-0.1, -0.05) is 25.4 Å². The number of carbonyl (C=O) groups is 1. The van der Waals surface area contributed by atoms with Gasteiger partial charge in [0.05, 0.1) is 6.54 Å². The number of hydrogen-bond donors (Lipinski definition) is 2. The Hall–Kier alpha value is -1.99. The largest absolute Gasteiger partial charge is 0.357 e. The number of halogens is 1. The van der Waals surface area contributed by atoms with Crippen LogP contribution in [0.25, 0.3) is 15.7 Å². The molecule has 4 nitrogen and oxygen atoms in total. The lowest BCUT2D eigenvalue weighted by atomic mass is 10.0. The highest BCUT2D eigenvalue weighted by Crippen LogP contribution is 2.29. The fourth-order valence-corrected chi connectivity index (χ4v) is 2.55. The summed E-state index contributed by atoms with van der Waals surface area (Å²) in [5.74, 6) is 0.0948. The number of hydrogen-bond acceptors (Lipinski definition) is 1. The van der Waals surface area contributed by atoms with E-state index in [1.54, 1.807) is 6.92 Å². The molecule has 0 saturated heterocycles. The van der Waals surface area contributed by atoms with E-state index in [0.717, 1.165) is 27.2 Å². The Morgan fingerprint density at radius 1 is 1.38 bits per heavy atom. The molecular formula is C16H18ClN3O. The second-order valence-corrected chi connectivity index (χ2v) is 5.84. The van der Waals surface area contributed by atoms with Crippen molar-refractivity contribution in [2.24, 2.45) is 0 Å². The van der Waals surface area contributed by atoms with Crippen LogP contribution in [0.5, 0.6) is 0 Å². The molecule has 0 fully saturated rings. The Bertz CT molecular complexity index is 712. The lowest BCUT2D eigenvalue weighted by Crippen LogP contribution is -2.30. The number of carbonyl (C=O) groups excluding carboxylic acids is 1. The van der Waals surface area contributed by atoms with Gasteiger partial charge >= 0.3 is 5.91 Å². The number of benzene rings is 1. The van der Waals surface area contributed by atoms with E-state index >= 15 is 0 Å². The van der Waals surface area contributed by atoms with Crippen LogP contribution in [0.1, 0.15) is 37.9 Å². The van der Waals surface area contributed by atoms with Crippen molar-refractivity contribution < 1.29 is 4.79 Å². The molecule has 5 heteroatoms. The van der Waals surface area contributed by atoms with Gasteiger partial charge in [-0.15, -0.1) is 0 Å². The van der Waals surface area contributed by atoms with Crippen molar-refractivity contribution in [1.29, 1.82) is 0 Å². The zero-order chi connectivity index (χ0) is 15.6. The monoisotopic (exact) mass is 303 g/mol. The van der Waals surface area contributed by atoms with Crippen LogP contribution in [0.4, 0.5) is 0 Å². The van der Waals surface area contributed by atoms with E-state index in [0.29, 0.717) is 12.5 Å². The topological polar surface area (TPSA) is 49.2 Å². The number of nitrogens with zero attached hydrogens (tertiary/aromatic N) is 1. The highest BCUT2D eigenvalue weighted by Gasteiger charge is 2.16. The summed E-state index contributed by atoms with van der Waals surface area (Å²) >= 11 is 6.28. The molecule has 1 amide bonds. The van der Waals surface area contributed by atoms with E-state index in [4.69, 9.17) is 18.2 Å². The first-order valence-electron chi connectivity index (χ1n) is 6.87. The van der Waals surface area contributed by atoms with Crippen LogP contribution >= 0.6 is 11.6 Å². The maximum absolute atomic E-state index is 11.6.